The second-order valence-electron chi connectivity index (χ2n) is 5.64. The third-order valence-corrected chi connectivity index (χ3v) is 4.91. The standard InChI is InChI=1S/C17H22N2OS/c1-12-18-16(11-21-12)13-6-5-7-14(10-13)19-15-8-3-4-9-17(15)20-2/h5-7,10-11,15,17,19H,3-4,8-9H2,1-2H3. The maximum atomic E-state index is 5.62. The highest BCUT2D eigenvalue weighted by atomic mass is 32.1. The summed E-state index contributed by atoms with van der Waals surface area (Å²) in [6.07, 6.45) is 5.21. The minimum absolute atomic E-state index is 0.323. The molecule has 2 aromatic rings. The van der Waals surface area contributed by atoms with Gasteiger partial charge in [-0.25, -0.2) is 4.98 Å². The molecule has 3 rings (SSSR count). The zero-order valence-corrected chi connectivity index (χ0v) is 13.5. The fourth-order valence-corrected chi connectivity index (χ4v) is 3.64. The molecule has 1 saturated carbocycles. The van der Waals surface area contributed by atoms with Crippen molar-refractivity contribution >= 4 is 17.0 Å². The molecule has 0 amide bonds. The molecule has 2 unspecified atom stereocenters. The molecule has 1 aliphatic carbocycles. The lowest BCUT2D eigenvalue weighted by atomic mass is 9.92. The first-order valence-electron chi connectivity index (χ1n) is 7.58. The normalized spacial score (nSPS) is 22.2. The summed E-state index contributed by atoms with van der Waals surface area (Å²) < 4.78 is 5.62. The number of hydrogen-bond donors (Lipinski definition) is 1. The fraction of sp³-hybridized carbons (Fsp3) is 0.471. The summed E-state index contributed by atoms with van der Waals surface area (Å²) in [6.45, 7) is 2.04. The predicted octanol–water partition coefficient (Wildman–Crippen LogP) is 4.49. The van der Waals surface area contributed by atoms with Crippen LogP contribution in [-0.4, -0.2) is 24.2 Å². The van der Waals surface area contributed by atoms with Gasteiger partial charge in [0, 0.05) is 23.7 Å². The van der Waals surface area contributed by atoms with Crippen molar-refractivity contribution in [1.29, 1.82) is 0 Å². The van der Waals surface area contributed by atoms with Gasteiger partial charge < -0.3 is 10.1 Å². The summed E-state index contributed by atoms with van der Waals surface area (Å²) in [5.74, 6) is 0. The number of nitrogens with one attached hydrogen (secondary N) is 1. The van der Waals surface area contributed by atoms with Crippen LogP contribution in [0.25, 0.3) is 11.3 Å². The molecule has 0 radical (unpaired) electrons. The second-order valence-corrected chi connectivity index (χ2v) is 6.70. The third-order valence-electron chi connectivity index (χ3n) is 4.13. The van der Waals surface area contributed by atoms with Gasteiger partial charge in [0.2, 0.25) is 0 Å². The highest BCUT2D eigenvalue weighted by Gasteiger charge is 2.24. The van der Waals surface area contributed by atoms with E-state index in [4.69, 9.17) is 4.74 Å². The molecule has 0 spiro atoms. The Kier molecular flexibility index (Phi) is 4.56. The largest absolute Gasteiger partial charge is 0.380 e. The van der Waals surface area contributed by atoms with Crippen LogP contribution in [-0.2, 0) is 4.74 Å². The van der Waals surface area contributed by atoms with Crippen molar-refractivity contribution < 1.29 is 4.74 Å². The number of nitrogens with zero attached hydrogens (tertiary/aromatic N) is 1. The highest BCUT2D eigenvalue weighted by molar-refractivity contribution is 7.09. The highest BCUT2D eigenvalue weighted by Crippen LogP contribution is 2.27. The van der Waals surface area contributed by atoms with Crippen LogP contribution in [0.4, 0.5) is 5.69 Å². The predicted molar refractivity (Wildman–Crippen MR) is 89.0 cm³/mol. The Morgan fingerprint density at radius 2 is 2.14 bits per heavy atom. The number of hydrogen-bond acceptors (Lipinski definition) is 4. The number of rotatable bonds is 4. The Morgan fingerprint density at radius 1 is 1.29 bits per heavy atom. The van der Waals surface area contributed by atoms with Gasteiger partial charge in [-0.3, -0.25) is 0 Å². The molecule has 1 N–H and O–H groups in total. The van der Waals surface area contributed by atoms with Gasteiger partial charge in [0.25, 0.3) is 0 Å². The van der Waals surface area contributed by atoms with E-state index in [9.17, 15) is 0 Å². The van der Waals surface area contributed by atoms with Crippen molar-refractivity contribution in [1.82, 2.24) is 4.98 Å². The van der Waals surface area contributed by atoms with Gasteiger partial charge in [-0.15, -0.1) is 11.3 Å². The lowest BCUT2D eigenvalue weighted by molar-refractivity contribution is 0.0606. The Bertz CT molecular complexity index is 596. The zero-order valence-electron chi connectivity index (χ0n) is 12.6. The first-order chi connectivity index (χ1) is 10.3. The summed E-state index contributed by atoms with van der Waals surface area (Å²) >= 11 is 1.69. The van der Waals surface area contributed by atoms with Crippen LogP contribution in [0.2, 0.25) is 0 Å². The monoisotopic (exact) mass is 302 g/mol. The minimum Gasteiger partial charge on any atom is -0.380 e. The summed E-state index contributed by atoms with van der Waals surface area (Å²) in [4.78, 5) is 4.57. The van der Waals surface area contributed by atoms with E-state index in [1.165, 1.54) is 24.8 Å². The number of benzene rings is 1. The molecule has 2 atom stereocenters. The smallest absolute Gasteiger partial charge is 0.0901 e. The molecule has 1 aromatic heterocycles. The maximum absolute atomic E-state index is 5.62. The van der Waals surface area contributed by atoms with Gasteiger partial charge in [0.1, 0.15) is 0 Å². The molecule has 0 saturated heterocycles. The molecule has 3 nitrogen and oxygen atoms in total. The second kappa shape index (κ2) is 6.58. The van der Waals surface area contributed by atoms with Crippen LogP contribution in [0, 0.1) is 6.92 Å². The number of thiazole rings is 1. The Morgan fingerprint density at radius 3 is 2.90 bits per heavy atom. The molecule has 0 aliphatic heterocycles. The fourth-order valence-electron chi connectivity index (χ4n) is 3.02. The van der Waals surface area contributed by atoms with Gasteiger partial charge >= 0.3 is 0 Å². The van der Waals surface area contributed by atoms with Crippen LogP contribution >= 0.6 is 11.3 Å². The number of anilines is 1. The summed E-state index contributed by atoms with van der Waals surface area (Å²) in [7, 11) is 1.82. The average Bonchev–Trinajstić information content (AvgIpc) is 2.95. The molecular formula is C17H22N2OS. The van der Waals surface area contributed by atoms with Gasteiger partial charge in [-0.1, -0.05) is 25.0 Å². The Hall–Kier alpha value is -1.39. The van der Waals surface area contributed by atoms with Crippen molar-refractivity contribution in [3.05, 3.63) is 34.7 Å². The van der Waals surface area contributed by atoms with Crippen LogP contribution < -0.4 is 5.32 Å². The molecular weight excluding hydrogens is 280 g/mol. The topological polar surface area (TPSA) is 34.1 Å². The first kappa shape index (κ1) is 14.5. The lowest BCUT2D eigenvalue weighted by Crippen LogP contribution is -2.37. The molecule has 1 aromatic carbocycles. The Balaban J connectivity index is 1.76. The van der Waals surface area contributed by atoms with Gasteiger partial charge in [-0.05, 0) is 31.9 Å². The van der Waals surface area contributed by atoms with Crippen LogP contribution in [0.15, 0.2) is 29.6 Å². The number of aryl methyl sites for hydroxylation is 1. The average molecular weight is 302 g/mol. The minimum atomic E-state index is 0.323. The van der Waals surface area contributed by atoms with E-state index in [-0.39, 0.29) is 0 Å². The molecule has 1 heterocycles. The van der Waals surface area contributed by atoms with E-state index >= 15 is 0 Å². The molecule has 1 fully saturated rings. The van der Waals surface area contributed by atoms with Crippen molar-refractivity contribution in [3.63, 3.8) is 0 Å². The third kappa shape index (κ3) is 3.44. The van der Waals surface area contributed by atoms with E-state index in [1.54, 1.807) is 11.3 Å². The first-order valence-corrected chi connectivity index (χ1v) is 8.46. The SMILES string of the molecule is COC1CCCCC1Nc1cccc(-c2csc(C)n2)c1. The summed E-state index contributed by atoms with van der Waals surface area (Å²) in [5, 5.41) is 6.87. The molecule has 21 heavy (non-hydrogen) atoms. The van der Waals surface area contributed by atoms with Gasteiger partial charge in [0.05, 0.1) is 22.8 Å². The van der Waals surface area contributed by atoms with E-state index in [0.29, 0.717) is 12.1 Å². The van der Waals surface area contributed by atoms with E-state index in [2.05, 4.69) is 39.9 Å². The van der Waals surface area contributed by atoms with E-state index in [0.717, 1.165) is 22.8 Å². The zero-order chi connectivity index (χ0) is 14.7. The van der Waals surface area contributed by atoms with E-state index < -0.39 is 0 Å². The maximum Gasteiger partial charge on any atom is 0.0901 e. The Labute approximate surface area is 130 Å². The molecule has 4 heteroatoms. The van der Waals surface area contributed by atoms with Crippen molar-refractivity contribution in [3.8, 4) is 11.3 Å². The van der Waals surface area contributed by atoms with Crippen molar-refractivity contribution in [2.24, 2.45) is 0 Å². The van der Waals surface area contributed by atoms with Gasteiger partial charge in [0.15, 0.2) is 0 Å². The van der Waals surface area contributed by atoms with Gasteiger partial charge in [-0.2, -0.15) is 0 Å². The lowest BCUT2D eigenvalue weighted by Gasteiger charge is -2.31. The van der Waals surface area contributed by atoms with Crippen LogP contribution in [0.1, 0.15) is 30.7 Å². The summed E-state index contributed by atoms with van der Waals surface area (Å²) in [5.41, 5.74) is 3.40. The molecule has 112 valence electrons. The number of aromatic nitrogens is 1. The molecule has 0 bridgehead atoms. The quantitative estimate of drug-likeness (QED) is 0.903. The van der Waals surface area contributed by atoms with Crippen LogP contribution in [0.3, 0.4) is 0 Å². The molecule has 1 aliphatic rings. The van der Waals surface area contributed by atoms with Crippen LogP contribution in [0.5, 0.6) is 0 Å². The summed E-state index contributed by atoms with van der Waals surface area (Å²) in [6, 6.07) is 8.95. The van der Waals surface area contributed by atoms with Crippen molar-refractivity contribution in [2.75, 3.05) is 12.4 Å². The number of ether oxygens (including phenoxy) is 1. The van der Waals surface area contributed by atoms with Crippen molar-refractivity contribution in [2.45, 2.75) is 44.8 Å². The van der Waals surface area contributed by atoms with E-state index in [1.807, 2.05) is 14.0 Å². The number of methoxy groups -OCH3 is 1.